The summed E-state index contributed by atoms with van der Waals surface area (Å²) in [5.41, 5.74) is 21.1. The molecular weight excluding hydrogens is 827 g/mol. The van der Waals surface area contributed by atoms with Crippen molar-refractivity contribution in [2.24, 2.45) is 0 Å². The fraction of sp³-hybridized carbons (Fsp3) is 0.0156. The highest BCUT2D eigenvalue weighted by Gasteiger charge is 2.51. The second-order valence-electron chi connectivity index (χ2n) is 17.8. The Morgan fingerprint density at radius 2 is 0.721 bits per heavy atom. The van der Waals surface area contributed by atoms with Crippen LogP contribution < -0.4 is 0 Å². The third-order valence-corrected chi connectivity index (χ3v) is 14.2. The first-order chi connectivity index (χ1) is 33.7. The first-order valence-electron chi connectivity index (χ1n) is 23.2. The highest BCUT2D eigenvalue weighted by Crippen LogP contribution is 2.63. The lowest BCUT2D eigenvalue weighted by atomic mass is 9.70. The number of aromatic nitrogens is 3. The van der Waals surface area contributed by atoms with Crippen molar-refractivity contribution < 1.29 is 4.42 Å². The Kier molecular flexibility index (Phi) is 8.46. The quantitative estimate of drug-likeness (QED) is 0.167. The predicted molar refractivity (Wildman–Crippen MR) is 276 cm³/mol. The van der Waals surface area contributed by atoms with E-state index in [-0.39, 0.29) is 5.41 Å². The number of benzene rings is 10. The molecule has 0 saturated heterocycles. The minimum Gasteiger partial charge on any atom is -0.456 e. The molecule has 0 unspecified atom stereocenters. The predicted octanol–water partition coefficient (Wildman–Crippen LogP) is 16.1. The molecule has 0 atom stereocenters. The Labute approximate surface area is 393 Å². The molecule has 14 rings (SSSR count). The Morgan fingerprint density at radius 3 is 1.40 bits per heavy atom. The van der Waals surface area contributed by atoms with Crippen molar-refractivity contribution in [3.8, 4) is 89.8 Å². The van der Waals surface area contributed by atoms with Gasteiger partial charge in [0.2, 0.25) is 0 Å². The molecular formula is C64H39N3O. The van der Waals surface area contributed by atoms with Gasteiger partial charge in [-0.05, 0) is 102 Å². The molecule has 0 radical (unpaired) electrons. The lowest BCUT2D eigenvalue weighted by molar-refractivity contribution is 0.669. The molecule has 2 aromatic heterocycles. The van der Waals surface area contributed by atoms with E-state index in [9.17, 15) is 0 Å². The molecule has 1 spiro atoms. The van der Waals surface area contributed by atoms with Gasteiger partial charge in [-0.3, -0.25) is 0 Å². The summed E-state index contributed by atoms with van der Waals surface area (Å²) in [6.07, 6.45) is 0. The van der Waals surface area contributed by atoms with E-state index in [1.807, 2.05) is 30.3 Å². The Hall–Kier alpha value is -8.99. The van der Waals surface area contributed by atoms with Crippen molar-refractivity contribution >= 4 is 21.9 Å². The van der Waals surface area contributed by atoms with Crippen molar-refractivity contribution in [1.82, 2.24) is 15.0 Å². The molecule has 0 bridgehead atoms. The topological polar surface area (TPSA) is 51.8 Å². The van der Waals surface area contributed by atoms with Gasteiger partial charge in [0, 0.05) is 27.5 Å². The fourth-order valence-electron chi connectivity index (χ4n) is 11.2. The standard InChI is InChI=1S/C64H39N3O/c1-3-16-40(17-4-1)41-30-32-43(33-31-41)61-65-62(50-24-8-7-20-46(50)42-18-5-2-6-19-42)67-63(66-61)51-25-15-29-59-60(51)53-39-45(35-37-58(53)68-59)44-34-36-57-52(38-44)49-23-11-14-28-56(49)64(57)54-26-12-9-21-47(54)48-22-10-13-27-55(48)64/h1-39H. The van der Waals surface area contributed by atoms with Gasteiger partial charge in [-0.1, -0.05) is 212 Å². The Balaban J connectivity index is 0.936. The Morgan fingerprint density at radius 1 is 0.265 bits per heavy atom. The number of hydrogen-bond acceptors (Lipinski definition) is 4. The molecule has 0 fully saturated rings. The van der Waals surface area contributed by atoms with Crippen LogP contribution in [0.2, 0.25) is 0 Å². The van der Waals surface area contributed by atoms with E-state index in [4.69, 9.17) is 19.4 Å². The fourth-order valence-corrected chi connectivity index (χ4v) is 11.2. The average molecular weight is 866 g/mol. The van der Waals surface area contributed by atoms with Gasteiger partial charge in [0.05, 0.1) is 5.41 Å². The number of nitrogens with zero attached hydrogens (tertiary/aromatic N) is 3. The molecule has 2 aliphatic rings. The summed E-state index contributed by atoms with van der Waals surface area (Å²) in [6, 6.07) is 84.4. The normalized spacial score (nSPS) is 12.8. The third-order valence-electron chi connectivity index (χ3n) is 14.2. The smallest absolute Gasteiger partial charge is 0.164 e. The lowest BCUT2D eigenvalue weighted by Crippen LogP contribution is -2.25. The number of fused-ring (bicyclic) bond motifs is 13. The molecule has 0 saturated carbocycles. The van der Waals surface area contributed by atoms with Crippen molar-refractivity contribution in [1.29, 1.82) is 0 Å². The number of rotatable bonds is 6. The Bertz CT molecular complexity index is 3920. The van der Waals surface area contributed by atoms with Gasteiger partial charge >= 0.3 is 0 Å². The van der Waals surface area contributed by atoms with E-state index in [1.54, 1.807) is 0 Å². The molecule has 68 heavy (non-hydrogen) atoms. The van der Waals surface area contributed by atoms with Crippen molar-refractivity contribution in [2.45, 2.75) is 5.41 Å². The van der Waals surface area contributed by atoms with Gasteiger partial charge in [-0.2, -0.15) is 0 Å². The molecule has 12 aromatic rings. The molecule has 0 N–H and O–H groups in total. The summed E-state index contributed by atoms with van der Waals surface area (Å²) < 4.78 is 6.65. The van der Waals surface area contributed by atoms with Crippen LogP contribution in [-0.2, 0) is 5.41 Å². The monoisotopic (exact) mass is 865 g/mol. The molecule has 2 aliphatic carbocycles. The molecule has 316 valence electrons. The van der Waals surface area contributed by atoms with Crippen LogP contribution in [0.4, 0.5) is 0 Å². The van der Waals surface area contributed by atoms with Crippen molar-refractivity contribution in [2.75, 3.05) is 0 Å². The van der Waals surface area contributed by atoms with Crippen LogP contribution in [0.1, 0.15) is 22.3 Å². The van der Waals surface area contributed by atoms with Crippen LogP contribution >= 0.6 is 0 Å². The maximum atomic E-state index is 6.65. The summed E-state index contributed by atoms with van der Waals surface area (Å²) in [6.45, 7) is 0. The summed E-state index contributed by atoms with van der Waals surface area (Å²) in [5, 5.41) is 1.97. The minimum atomic E-state index is -0.384. The van der Waals surface area contributed by atoms with Gasteiger partial charge < -0.3 is 4.42 Å². The molecule has 2 heterocycles. The summed E-state index contributed by atoms with van der Waals surface area (Å²) >= 11 is 0. The molecule has 4 nitrogen and oxygen atoms in total. The maximum absolute atomic E-state index is 6.65. The first-order valence-corrected chi connectivity index (χ1v) is 23.2. The van der Waals surface area contributed by atoms with E-state index >= 15 is 0 Å². The van der Waals surface area contributed by atoms with E-state index in [0.717, 1.165) is 72.0 Å². The van der Waals surface area contributed by atoms with Gasteiger partial charge in [-0.25, -0.2) is 15.0 Å². The van der Waals surface area contributed by atoms with Crippen LogP contribution in [0.5, 0.6) is 0 Å². The highest BCUT2D eigenvalue weighted by molar-refractivity contribution is 6.13. The van der Waals surface area contributed by atoms with E-state index in [0.29, 0.717) is 17.5 Å². The number of hydrogen-bond donors (Lipinski definition) is 0. The van der Waals surface area contributed by atoms with Gasteiger partial charge in [-0.15, -0.1) is 0 Å². The third kappa shape index (κ3) is 5.71. The zero-order valence-corrected chi connectivity index (χ0v) is 36.8. The van der Waals surface area contributed by atoms with Gasteiger partial charge in [0.25, 0.3) is 0 Å². The van der Waals surface area contributed by atoms with Crippen LogP contribution in [-0.4, -0.2) is 15.0 Å². The second kappa shape index (κ2) is 15.0. The van der Waals surface area contributed by atoms with Gasteiger partial charge in [0.1, 0.15) is 11.2 Å². The van der Waals surface area contributed by atoms with Crippen LogP contribution in [0.25, 0.3) is 112 Å². The summed E-state index contributed by atoms with van der Waals surface area (Å²) in [4.78, 5) is 15.8. The molecule has 10 aromatic carbocycles. The van der Waals surface area contributed by atoms with E-state index < -0.39 is 0 Å². The average Bonchev–Trinajstić information content (AvgIpc) is 4.05. The maximum Gasteiger partial charge on any atom is 0.164 e. The first kappa shape index (κ1) is 38.3. The number of furan rings is 1. The van der Waals surface area contributed by atoms with E-state index in [2.05, 4.69) is 206 Å². The highest BCUT2D eigenvalue weighted by atomic mass is 16.3. The van der Waals surface area contributed by atoms with Crippen LogP contribution in [0.3, 0.4) is 0 Å². The zero-order chi connectivity index (χ0) is 44.8. The van der Waals surface area contributed by atoms with Crippen molar-refractivity contribution in [3.63, 3.8) is 0 Å². The molecule has 4 heteroatoms. The zero-order valence-electron chi connectivity index (χ0n) is 36.8. The molecule has 0 aliphatic heterocycles. The molecule has 0 amide bonds. The van der Waals surface area contributed by atoms with E-state index in [1.165, 1.54) is 44.5 Å². The summed E-state index contributed by atoms with van der Waals surface area (Å²) in [5.74, 6) is 1.78. The van der Waals surface area contributed by atoms with Crippen LogP contribution in [0, 0.1) is 0 Å². The lowest BCUT2D eigenvalue weighted by Gasteiger charge is -2.30. The largest absolute Gasteiger partial charge is 0.456 e. The summed E-state index contributed by atoms with van der Waals surface area (Å²) in [7, 11) is 0. The minimum absolute atomic E-state index is 0.384. The second-order valence-corrected chi connectivity index (χ2v) is 17.8. The SMILES string of the molecule is c1ccc(-c2ccc(-c3nc(-c4ccccc4-c4ccccc4)nc(-c4cccc5oc6ccc(-c7ccc8c(c7)-c7ccccc7C87c8ccccc8-c8ccccc87)cc6c45)n3)cc2)cc1. The van der Waals surface area contributed by atoms with Gasteiger partial charge in [0.15, 0.2) is 17.5 Å². The van der Waals surface area contributed by atoms with Crippen LogP contribution in [0.15, 0.2) is 241 Å². The van der Waals surface area contributed by atoms with Crippen molar-refractivity contribution in [3.05, 3.63) is 259 Å².